The molecule has 0 saturated carbocycles. The van der Waals surface area contributed by atoms with Crippen molar-refractivity contribution >= 4 is 0 Å². The smallest absolute Gasteiger partial charge is 0.00368 e. The third-order valence-electron chi connectivity index (χ3n) is 1.07. The fraction of sp³-hybridized carbons (Fsp3) is 0.556. The molecule has 0 aliphatic heterocycles. The molecular formula is C9H19N. The lowest BCUT2D eigenvalue weighted by Gasteiger charge is -1.93. The third-order valence-corrected chi connectivity index (χ3v) is 1.07. The van der Waals surface area contributed by atoms with Crippen LogP contribution in [0.4, 0.5) is 0 Å². The lowest BCUT2D eigenvalue weighted by molar-refractivity contribution is 0.971. The summed E-state index contributed by atoms with van der Waals surface area (Å²) in [4.78, 5) is 0. The molecule has 0 amide bonds. The molecule has 60 valence electrons. The highest BCUT2D eigenvalue weighted by molar-refractivity contribution is 5.14. The normalized spacial score (nSPS) is 9.80. The van der Waals surface area contributed by atoms with E-state index >= 15 is 0 Å². The molecule has 0 rings (SSSR count). The Morgan fingerprint density at radius 2 is 2.00 bits per heavy atom. The summed E-state index contributed by atoms with van der Waals surface area (Å²) in [6.07, 6.45) is 4.81. The van der Waals surface area contributed by atoms with Gasteiger partial charge in [-0.25, -0.2) is 0 Å². The molecule has 1 heteroatoms. The van der Waals surface area contributed by atoms with E-state index in [1.54, 1.807) is 0 Å². The summed E-state index contributed by atoms with van der Waals surface area (Å²) in [7, 11) is 0. The van der Waals surface area contributed by atoms with Crippen LogP contribution < -0.4 is 5.73 Å². The zero-order valence-electron chi connectivity index (χ0n) is 7.35. The van der Waals surface area contributed by atoms with Crippen molar-refractivity contribution in [3.63, 3.8) is 0 Å². The Kier molecular flexibility index (Phi) is 13.7. The van der Waals surface area contributed by atoms with Crippen LogP contribution in [0.25, 0.3) is 0 Å². The van der Waals surface area contributed by atoms with Crippen molar-refractivity contribution in [2.24, 2.45) is 5.73 Å². The van der Waals surface area contributed by atoms with Crippen molar-refractivity contribution in [3.05, 3.63) is 24.3 Å². The van der Waals surface area contributed by atoms with Crippen LogP contribution in [0.1, 0.15) is 27.2 Å². The molecule has 0 aromatic rings. The van der Waals surface area contributed by atoms with Crippen LogP contribution in [-0.2, 0) is 0 Å². The maximum absolute atomic E-state index is 5.29. The summed E-state index contributed by atoms with van der Waals surface area (Å²) in [5.41, 5.74) is 6.52. The monoisotopic (exact) mass is 141 g/mol. The van der Waals surface area contributed by atoms with Gasteiger partial charge < -0.3 is 5.73 Å². The highest BCUT2D eigenvalue weighted by atomic mass is 14.5. The van der Waals surface area contributed by atoms with Crippen LogP contribution in [0.5, 0.6) is 0 Å². The van der Waals surface area contributed by atoms with Crippen molar-refractivity contribution < 1.29 is 0 Å². The minimum absolute atomic E-state index is 0.714. The first-order valence-corrected chi connectivity index (χ1v) is 3.82. The number of hydrogen-bond acceptors (Lipinski definition) is 1. The van der Waals surface area contributed by atoms with Gasteiger partial charge >= 0.3 is 0 Å². The summed E-state index contributed by atoms with van der Waals surface area (Å²) in [5.74, 6) is 0. The largest absolute Gasteiger partial charge is 0.330 e. The summed E-state index contributed by atoms with van der Waals surface area (Å²) >= 11 is 0. The second kappa shape index (κ2) is 11.3. The molecule has 0 bridgehead atoms. The fourth-order valence-electron chi connectivity index (χ4n) is 0.531. The zero-order chi connectivity index (χ0) is 8.41. The van der Waals surface area contributed by atoms with E-state index in [1.807, 2.05) is 32.9 Å². The van der Waals surface area contributed by atoms with E-state index in [4.69, 9.17) is 5.73 Å². The lowest BCUT2D eigenvalue weighted by Crippen LogP contribution is -1.98. The zero-order valence-corrected chi connectivity index (χ0v) is 7.35. The first kappa shape index (κ1) is 12.1. The Hall–Kier alpha value is -0.560. The molecule has 10 heavy (non-hydrogen) atoms. The van der Waals surface area contributed by atoms with E-state index in [-0.39, 0.29) is 0 Å². The number of rotatable bonds is 3. The van der Waals surface area contributed by atoms with Crippen LogP contribution in [0.15, 0.2) is 24.3 Å². The number of hydrogen-bond donors (Lipinski definition) is 1. The average Bonchev–Trinajstić information content (AvgIpc) is 2.04. The Morgan fingerprint density at radius 3 is 2.10 bits per heavy atom. The van der Waals surface area contributed by atoms with Crippen molar-refractivity contribution in [3.8, 4) is 0 Å². The van der Waals surface area contributed by atoms with Gasteiger partial charge in [-0.05, 0) is 19.9 Å². The minimum atomic E-state index is 0.714. The summed E-state index contributed by atoms with van der Waals surface area (Å²) < 4.78 is 0. The fourth-order valence-corrected chi connectivity index (χ4v) is 0.531. The predicted octanol–water partition coefficient (Wildman–Crippen LogP) is 2.49. The first-order chi connectivity index (χ1) is 4.85. The summed E-state index contributed by atoms with van der Waals surface area (Å²) in [6, 6.07) is 0. The second-order valence-corrected chi connectivity index (χ2v) is 1.61. The molecule has 0 spiro atoms. The van der Waals surface area contributed by atoms with Crippen molar-refractivity contribution in [1.82, 2.24) is 0 Å². The van der Waals surface area contributed by atoms with Gasteiger partial charge in [-0.2, -0.15) is 0 Å². The Balaban J connectivity index is 0. The Labute approximate surface area is 64.6 Å². The summed E-state index contributed by atoms with van der Waals surface area (Å²) in [6.45, 7) is 10.3. The first-order valence-electron chi connectivity index (χ1n) is 3.82. The third kappa shape index (κ3) is 7.44. The van der Waals surface area contributed by atoms with E-state index in [0.717, 1.165) is 6.42 Å². The van der Waals surface area contributed by atoms with Gasteiger partial charge in [0, 0.05) is 0 Å². The maximum Gasteiger partial charge on any atom is -0.00368 e. The SMILES string of the molecule is C=C/C(=C\C)CCN.CC. The molecule has 2 N–H and O–H groups in total. The van der Waals surface area contributed by atoms with Gasteiger partial charge in [-0.1, -0.05) is 38.2 Å². The molecule has 0 atom stereocenters. The van der Waals surface area contributed by atoms with Crippen molar-refractivity contribution in [2.75, 3.05) is 6.54 Å². The summed E-state index contributed by atoms with van der Waals surface area (Å²) in [5, 5.41) is 0. The van der Waals surface area contributed by atoms with Crippen LogP contribution in [0, 0.1) is 0 Å². The topological polar surface area (TPSA) is 26.0 Å². The van der Waals surface area contributed by atoms with Gasteiger partial charge in [0.25, 0.3) is 0 Å². The van der Waals surface area contributed by atoms with Gasteiger partial charge in [-0.15, -0.1) is 0 Å². The molecule has 1 nitrogen and oxygen atoms in total. The molecule has 0 unspecified atom stereocenters. The number of nitrogens with two attached hydrogens (primary N) is 1. The van der Waals surface area contributed by atoms with Crippen molar-refractivity contribution in [1.29, 1.82) is 0 Å². The molecule has 0 fully saturated rings. The quantitative estimate of drug-likeness (QED) is 0.600. The lowest BCUT2D eigenvalue weighted by atomic mass is 10.2. The molecule has 0 aromatic heterocycles. The standard InChI is InChI=1S/C7H13N.C2H6/c1-3-7(4-2)5-6-8;1-2/h3-4H,1,5-6,8H2,2H3;1-2H3/b7-4+;. The molecule has 0 aliphatic carbocycles. The van der Waals surface area contributed by atoms with Gasteiger partial charge in [0.2, 0.25) is 0 Å². The van der Waals surface area contributed by atoms with E-state index in [2.05, 4.69) is 6.58 Å². The Bertz CT molecular complexity index is 92.9. The molecule has 0 aliphatic rings. The second-order valence-electron chi connectivity index (χ2n) is 1.61. The van der Waals surface area contributed by atoms with Gasteiger partial charge in [0.1, 0.15) is 0 Å². The van der Waals surface area contributed by atoms with Gasteiger partial charge in [0.05, 0.1) is 0 Å². The van der Waals surface area contributed by atoms with Crippen LogP contribution in [0.3, 0.4) is 0 Å². The number of allylic oxidation sites excluding steroid dienone is 2. The van der Waals surface area contributed by atoms with E-state index in [9.17, 15) is 0 Å². The molecule has 0 radical (unpaired) electrons. The highest BCUT2D eigenvalue weighted by Crippen LogP contribution is 1.98. The molecule has 0 heterocycles. The van der Waals surface area contributed by atoms with Crippen LogP contribution in [-0.4, -0.2) is 6.54 Å². The Morgan fingerprint density at radius 1 is 1.50 bits per heavy atom. The predicted molar refractivity (Wildman–Crippen MR) is 49.0 cm³/mol. The molecule has 0 saturated heterocycles. The van der Waals surface area contributed by atoms with Crippen LogP contribution in [0.2, 0.25) is 0 Å². The van der Waals surface area contributed by atoms with Gasteiger partial charge in [-0.3, -0.25) is 0 Å². The minimum Gasteiger partial charge on any atom is -0.330 e. The van der Waals surface area contributed by atoms with Crippen molar-refractivity contribution in [2.45, 2.75) is 27.2 Å². The van der Waals surface area contributed by atoms with E-state index in [1.165, 1.54) is 5.57 Å². The van der Waals surface area contributed by atoms with E-state index < -0.39 is 0 Å². The van der Waals surface area contributed by atoms with Gasteiger partial charge in [0.15, 0.2) is 0 Å². The maximum atomic E-state index is 5.29. The van der Waals surface area contributed by atoms with Crippen LogP contribution >= 0.6 is 0 Å². The van der Waals surface area contributed by atoms with E-state index in [0.29, 0.717) is 6.54 Å². The molecule has 0 aromatic carbocycles. The molecular weight excluding hydrogens is 122 g/mol. The average molecular weight is 141 g/mol. The highest BCUT2D eigenvalue weighted by Gasteiger charge is 1.83.